The third kappa shape index (κ3) is 4.86. The van der Waals surface area contributed by atoms with Gasteiger partial charge in [0.05, 0.1) is 16.7 Å². The van der Waals surface area contributed by atoms with Crippen molar-refractivity contribution in [3.8, 4) is 5.75 Å². The smallest absolute Gasteiger partial charge is 0.131 e. The first-order chi connectivity index (χ1) is 12.5. The molecule has 0 aromatic heterocycles. The Balaban J connectivity index is 1.71. The van der Waals surface area contributed by atoms with Crippen molar-refractivity contribution in [1.29, 1.82) is 0 Å². The number of ether oxygens (including phenoxy) is 2. The van der Waals surface area contributed by atoms with Crippen molar-refractivity contribution in [1.82, 2.24) is 5.32 Å². The van der Waals surface area contributed by atoms with E-state index in [4.69, 9.17) is 44.9 Å². The summed E-state index contributed by atoms with van der Waals surface area (Å²) in [6.45, 7) is 1.41. The molecule has 0 unspecified atom stereocenters. The molecular weight excluding hydrogens is 396 g/mol. The lowest BCUT2D eigenvalue weighted by molar-refractivity contribution is 0.114. The van der Waals surface area contributed by atoms with Crippen LogP contribution in [0.3, 0.4) is 0 Å². The fraction of sp³-hybridized carbons (Fsp3) is 0.316. The maximum atomic E-state index is 13.9. The van der Waals surface area contributed by atoms with Gasteiger partial charge in [-0.2, -0.15) is 0 Å². The lowest BCUT2D eigenvalue weighted by Gasteiger charge is -2.16. The van der Waals surface area contributed by atoms with Crippen molar-refractivity contribution in [3.63, 3.8) is 0 Å². The Kier molecular flexibility index (Phi) is 6.70. The van der Waals surface area contributed by atoms with Gasteiger partial charge in [-0.1, -0.05) is 41.5 Å². The van der Waals surface area contributed by atoms with E-state index in [1.807, 2.05) is 0 Å². The van der Waals surface area contributed by atoms with Crippen LogP contribution in [0.25, 0.3) is 0 Å². The minimum Gasteiger partial charge on any atom is -0.488 e. The maximum Gasteiger partial charge on any atom is 0.131 e. The summed E-state index contributed by atoms with van der Waals surface area (Å²) in [4.78, 5) is 0.512. The van der Waals surface area contributed by atoms with Gasteiger partial charge in [-0.3, -0.25) is 0 Å². The molecule has 0 amide bonds. The van der Waals surface area contributed by atoms with E-state index < -0.39 is 5.82 Å². The van der Waals surface area contributed by atoms with Crippen molar-refractivity contribution in [2.45, 2.75) is 25.6 Å². The number of hydrogen-bond donors (Lipinski definition) is 1. The summed E-state index contributed by atoms with van der Waals surface area (Å²) in [6.07, 6.45) is 2.24. The van der Waals surface area contributed by atoms with Gasteiger partial charge in [0, 0.05) is 23.7 Å². The Morgan fingerprint density at radius 1 is 1.31 bits per heavy atom. The third-order valence-electron chi connectivity index (χ3n) is 4.13. The molecule has 0 spiro atoms. The molecule has 1 saturated heterocycles. The van der Waals surface area contributed by atoms with E-state index in [9.17, 15) is 4.39 Å². The lowest BCUT2D eigenvalue weighted by Crippen LogP contribution is -2.31. The van der Waals surface area contributed by atoms with Crippen LogP contribution in [0.2, 0.25) is 10.0 Å². The van der Waals surface area contributed by atoms with E-state index in [1.54, 1.807) is 30.3 Å². The van der Waals surface area contributed by atoms with Gasteiger partial charge in [-0.05, 0) is 43.2 Å². The maximum absolute atomic E-state index is 13.9. The molecule has 0 radical (unpaired) electrons. The van der Waals surface area contributed by atoms with Crippen LogP contribution in [-0.4, -0.2) is 24.2 Å². The average molecular weight is 414 g/mol. The minimum absolute atomic E-state index is 0.00547. The molecule has 1 aliphatic rings. The van der Waals surface area contributed by atoms with Crippen molar-refractivity contribution >= 4 is 40.4 Å². The van der Waals surface area contributed by atoms with Crippen LogP contribution >= 0.6 is 35.4 Å². The fourth-order valence-electron chi connectivity index (χ4n) is 2.73. The number of halogens is 3. The van der Waals surface area contributed by atoms with Crippen molar-refractivity contribution in [3.05, 3.63) is 63.4 Å². The molecule has 3 rings (SSSR count). The lowest BCUT2D eigenvalue weighted by atomic mass is 10.1. The number of hydrogen-bond acceptors (Lipinski definition) is 3. The number of rotatable bonds is 6. The zero-order chi connectivity index (χ0) is 18.5. The molecule has 2 aromatic rings. The molecule has 1 atom stereocenters. The quantitative estimate of drug-likeness (QED) is 0.662. The largest absolute Gasteiger partial charge is 0.488 e. The molecule has 0 aliphatic carbocycles. The number of thiocarbonyl (C=S) groups is 1. The summed E-state index contributed by atoms with van der Waals surface area (Å²) < 4.78 is 25.3. The second-order valence-corrected chi connectivity index (χ2v) is 7.23. The highest BCUT2D eigenvalue weighted by atomic mass is 35.5. The van der Waals surface area contributed by atoms with Gasteiger partial charge >= 0.3 is 0 Å². The van der Waals surface area contributed by atoms with Crippen LogP contribution in [0, 0.1) is 5.82 Å². The van der Waals surface area contributed by atoms with E-state index in [0.717, 1.165) is 19.4 Å². The van der Waals surface area contributed by atoms with Crippen LogP contribution in [0.15, 0.2) is 36.4 Å². The summed E-state index contributed by atoms with van der Waals surface area (Å²) >= 11 is 17.6. The Morgan fingerprint density at radius 3 is 2.88 bits per heavy atom. The van der Waals surface area contributed by atoms with Gasteiger partial charge in [0.2, 0.25) is 0 Å². The first-order valence-corrected chi connectivity index (χ1v) is 9.46. The predicted molar refractivity (Wildman–Crippen MR) is 106 cm³/mol. The molecule has 1 aliphatic heterocycles. The van der Waals surface area contributed by atoms with E-state index in [2.05, 4.69) is 5.32 Å². The normalized spacial score (nSPS) is 16.5. The Morgan fingerprint density at radius 2 is 2.15 bits per heavy atom. The van der Waals surface area contributed by atoms with Gasteiger partial charge < -0.3 is 14.8 Å². The number of benzene rings is 2. The highest BCUT2D eigenvalue weighted by Gasteiger charge is 2.17. The molecule has 1 heterocycles. The van der Waals surface area contributed by atoms with Gasteiger partial charge in [0.15, 0.2) is 0 Å². The Labute approximate surface area is 167 Å². The first-order valence-electron chi connectivity index (χ1n) is 8.29. The summed E-state index contributed by atoms with van der Waals surface area (Å²) in [6, 6.07) is 9.67. The fourth-order valence-corrected chi connectivity index (χ4v) is 3.37. The molecule has 3 nitrogen and oxygen atoms in total. The molecule has 7 heteroatoms. The van der Waals surface area contributed by atoms with E-state index in [1.165, 1.54) is 6.07 Å². The van der Waals surface area contributed by atoms with Gasteiger partial charge in [-0.25, -0.2) is 4.39 Å². The standard InChI is InChI=1S/C19H18Cl2FNO2S/c20-12-6-7-18(25-11-15-16(21)4-1-5-17(15)22)14(9-12)19(26)23-10-13-3-2-8-24-13/h1,4-7,9,13H,2-3,8,10-11H2,(H,23,26)/t13-/m1/s1. The summed E-state index contributed by atoms with van der Waals surface area (Å²) in [5.41, 5.74) is 0.950. The van der Waals surface area contributed by atoms with Gasteiger partial charge in [-0.15, -0.1) is 0 Å². The Hall–Kier alpha value is -1.40. The highest BCUT2D eigenvalue weighted by molar-refractivity contribution is 7.80. The molecule has 0 saturated carbocycles. The molecule has 1 fully saturated rings. The average Bonchev–Trinajstić information content (AvgIpc) is 3.14. The van der Waals surface area contributed by atoms with Crippen LogP contribution < -0.4 is 10.1 Å². The number of nitrogens with one attached hydrogen (secondary N) is 1. The van der Waals surface area contributed by atoms with Crippen molar-refractivity contribution in [2.24, 2.45) is 0 Å². The highest BCUT2D eigenvalue weighted by Crippen LogP contribution is 2.26. The molecule has 1 N–H and O–H groups in total. The summed E-state index contributed by atoms with van der Waals surface area (Å²) in [5.74, 6) is 0.102. The molecule has 2 aromatic carbocycles. The summed E-state index contributed by atoms with van der Waals surface area (Å²) in [5, 5.41) is 4.06. The van der Waals surface area contributed by atoms with Gasteiger partial charge in [0.25, 0.3) is 0 Å². The van der Waals surface area contributed by atoms with Gasteiger partial charge in [0.1, 0.15) is 23.2 Å². The van der Waals surface area contributed by atoms with Crippen LogP contribution in [0.4, 0.5) is 4.39 Å². The molecule has 26 heavy (non-hydrogen) atoms. The minimum atomic E-state index is -0.410. The predicted octanol–water partition coefficient (Wildman–Crippen LogP) is 5.16. The van der Waals surface area contributed by atoms with Crippen molar-refractivity contribution < 1.29 is 13.9 Å². The van der Waals surface area contributed by atoms with E-state index >= 15 is 0 Å². The molecular formula is C19H18Cl2FNO2S. The zero-order valence-corrected chi connectivity index (χ0v) is 16.3. The van der Waals surface area contributed by atoms with Crippen LogP contribution in [0.5, 0.6) is 5.75 Å². The van der Waals surface area contributed by atoms with Crippen LogP contribution in [-0.2, 0) is 11.3 Å². The second-order valence-electron chi connectivity index (χ2n) is 5.97. The summed E-state index contributed by atoms with van der Waals surface area (Å²) in [7, 11) is 0. The zero-order valence-electron chi connectivity index (χ0n) is 13.9. The monoisotopic (exact) mass is 413 g/mol. The van der Waals surface area contributed by atoms with E-state index in [0.29, 0.717) is 38.5 Å². The topological polar surface area (TPSA) is 30.5 Å². The van der Waals surface area contributed by atoms with E-state index in [-0.39, 0.29) is 12.7 Å². The van der Waals surface area contributed by atoms with Crippen molar-refractivity contribution in [2.75, 3.05) is 13.2 Å². The first kappa shape index (κ1) is 19.4. The molecule has 0 bridgehead atoms. The Bertz CT molecular complexity index is 777. The van der Waals surface area contributed by atoms with Crippen LogP contribution in [0.1, 0.15) is 24.0 Å². The SMILES string of the molecule is Fc1cccc(Cl)c1COc1ccc(Cl)cc1C(=S)NC[C@H]1CCCO1. The molecule has 138 valence electrons. The third-order valence-corrected chi connectivity index (χ3v) is 5.09. The second kappa shape index (κ2) is 9.00.